The van der Waals surface area contributed by atoms with E-state index in [1.54, 1.807) is 0 Å². The van der Waals surface area contributed by atoms with Gasteiger partial charge < -0.3 is 125 Å². The van der Waals surface area contributed by atoms with Gasteiger partial charge in [-0.2, -0.15) is 0 Å². The molecule has 6 saturated heterocycles. The molecule has 0 saturated carbocycles. The second-order valence-electron chi connectivity index (χ2n) is 24.7. The number of unbranched alkanes of at least 4 members (excludes halogenated alkanes) is 3. The number of aliphatic hydroxyl groups is 10. The first-order chi connectivity index (χ1) is 46.2. The smallest absolute Gasteiger partial charge is 0.394 e. The summed E-state index contributed by atoms with van der Waals surface area (Å²) in [6, 6.07) is -6.80. The molecule has 6 heterocycles. The molecule has 0 radical (unpaired) electrons. The van der Waals surface area contributed by atoms with Crippen molar-refractivity contribution in [3.63, 3.8) is 0 Å². The summed E-state index contributed by atoms with van der Waals surface area (Å²) < 4.78 is 105. The van der Waals surface area contributed by atoms with Crippen LogP contribution in [0.3, 0.4) is 0 Å². The quantitative estimate of drug-likeness (QED) is 0.0202. The molecule has 24 atom stereocenters. The van der Waals surface area contributed by atoms with E-state index < -0.39 is 233 Å². The zero-order valence-corrected chi connectivity index (χ0v) is 57.3. The molecule has 0 aromatic carbocycles. The second-order valence-corrected chi connectivity index (χ2v) is 29.0. The lowest BCUT2D eigenvalue weighted by molar-refractivity contribution is -0.270. The molecular weight excluding hydrogens is 1380 g/mol. The van der Waals surface area contributed by atoms with Crippen molar-refractivity contribution in [2.45, 2.75) is 226 Å². The fourth-order valence-corrected chi connectivity index (χ4v) is 14.6. The highest BCUT2D eigenvalue weighted by Gasteiger charge is 2.50. The lowest BCUT2D eigenvalue weighted by Gasteiger charge is -2.42. The zero-order valence-electron chi connectivity index (χ0n) is 54.7. The van der Waals surface area contributed by atoms with E-state index in [1.165, 1.54) is 23.6 Å². The number of rotatable bonds is 38. The molecule has 16 N–H and O–H groups in total. The highest BCUT2D eigenvalue weighted by atomic mass is 31.2. The average molecular weight is 1480 g/mol. The molecule has 6 aliphatic rings. The van der Waals surface area contributed by atoms with E-state index in [1.807, 2.05) is 0 Å². The van der Waals surface area contributed by atoms with Crippen LogP contribution in [0, 0.1) is 0 Å². The van der Waals surface area contributed by atoms with Gasteiger partial charge in [-0.05, 0) is 57.8 Å². The number of amides is 6. The van der Waals surface area contributed by atoms with Crippen LogP contribution in [0.25, 0.3) is 0 Å². The second kappa shape index (κ2) is 38.9. The maximum absolute atomic E-state index is 14.1. The minimum absolute atomic E-state index is 0.0587. The normalized spacial score (nSPS) is 34.7. The summed E-state index contributed by atoms with van der Waals surface area (Å²) in [6.45, 7) is -1.80. The number of aliphatic hydroxyl groups excluding tert-OH is 10. The summed E-state index contributed by atoms with van der Waals surface area (Å²) in [7, 11) is -14.0. The van der Waals surface area contributed by atoms with Crippen LogP contribution >= 0.6 is 23.5 Å². The molecule has 6 aliphatic heterocycles. The summed E-state index contributed by atoms with van der Waals surface area (Å²) in [5, 5.41) is 110. The van der Waals surface area contributed by atoms with Crippen molar-refractivity contribution in [3.05, 3.63) is 0 Å². The van der Waals surface area contributed by atoms with Crippen LogP contribution < -0.4 is 16.0 Å². The largest absolute Gasteiger partial charge is 0.472 e. The van der Waals surface area contributed by atoms with Gasteiger partial charge >= 0.3 is 23.5 Å². The molecule has 40 nitrogen and oxygen atoms in total. The van der Waals surface area contributed by atoms with Gasteiger partial charge in [0.25, 0.3) is 0 Å². The number of nitrogens with one attached hydrogen (secondary N) is 3. The molecule has 0 bridgehead atoms. The summed E-state index contributed by atoms with van der Waals surface area (Å²) in [5.74, 6) is -3.38. The zero-order chi connectivity index (χ0) is 72.4. The number of hydrogen-bond acceptors (Lipinski definition) is 31. The Morgan fingerprint density at radius 1 is 0.439 bits per heavy atom. The molecule has 9 unspecified atom stereocenters. The molecule has 566 valence electrons. The SMILES string of the molecule is COP(=O)(O)OC[C@@H]1C[C@@H](OP(=O)(O)OC[C@@H]2C[C@@H](OP(=O)(O)OC[C@@H]3C[C@@H](O)CN3C(=O)CCCCO[C@@H]3OC(CO)[C@H](O)C(O)[C@@H]3NC(C)=O)CN2C(=O)CCCCO[C@@H]2OC(CO)[C@H](O)C(O)[C@@H]2NC(C)=O)CN1C(=O)CCCCO[C@@H]1OC(CO)[C@H](O)C(O)[C@@H]1NC(C)=O. The van der Waals surface area contributed by atoms with Crippen LogP contribution in [-0.2, 0) is 98.0 Å². The van der Waals surface area contributed by atoms with E-state index in [9.17, 15) is 108 Å². The van der Waals surface area contributed by atoms with E-state index in [0.29, 0.717) is 0 Å². The molecule has 0 spiro atoms. The summed E-state index contributed by atoms with van der Waals surface area (Å²) >= 11 is 0. The van der Waals surface area contributed by atoms with Crippen LogP contribution in [-0.4, -0.2) is 330 Å². The minimum atomic E-state index is -5.19. The molecular formula is C55H97N6O34P3. The Morgan fingerprint density at radius 3 is 1.03 bits per heavy atom. The van der Waals surface area contributed by atoms with E-state index in [-0.39, 0.29) is 110 Å². The van der Waals surface area contributed by atoms with Crippen molar-refractivity contribution in [1.82, 2.24) is 30.7 Å². The van der Waals surface area contributed by atoms with Gasteiger partial charge in [-0.15, -0.1) is 0 Å². The fraction of sp³-hybridized carbons (Fsp3) is 0.891. The van der Waals surface area contributed by atoms with Crippen molar-refractivity contribution < 1.29 is 164 Å². The molecule has 6 amide bonds. The number of β-amino-alcohol motifs (C(OH)–C–C–N with tert-alkyl or cyclic N) is 1. The van der Waals surface area contributed by atoms with Crippen molar-refractivity contribution in [1.29, 1.82) is 0 Å². The molecule has 43 heteroatoms. The summed E-state index contributed by atoms with van der Waals surface area (Å²) in [5.41, 5.74) is 0. The lowest BCUT2D eigenvalue weighted by Crippen LogP contribution is -2.64. The van der Waals surface area contributed by atoms with Crippen LogP contribution in [0.5, 0.6) is 0 Å². The third-order valence-electron chi connectivity index (χ3n) is 17.1. The van der Waals surface area contributed by atoms with E-state index in [4.69, 9.17) is 51.0 Å². The molecule has 0 aromatic heterocycles. The fourth-order valence-electron chi connectivity index (χ4n) is 12.2. The molecule has 0 aromatic rings. The highest BCUT2D eigenvalue weighted by molar-refractivity contribution is 7.47. The first kappa shape index (κ1) is 83.5. The highest BCUT2D eigenvalue weighted by Crippen LogP contribution is 2.50. The number of phosphoric ester groups is 3. The predicted octanol–water partition coefficient (Wildman–Crippen LogP) is -5.69. The summed E-state index contributed by atoms with van der Waals surface area (Å²) in [4.78, 5) is 113. The Kier molecular flexibility index (Phi) is 33.1. The first-order valence-corrected chi connectivity index (χ1v) is 36.6. The minimum Gasteiger partial charge on any atom is -0.394 e. The van der Waals surface area contributed by atoms with Crippen LogP contribution in [0.2, 0.25) is 0 Å². The van der Waals surface area contributed by atoms with Gasteiger partial charge in [-0.1, -0.05) is 0 Å². The number of ether oxygens (including phenoxy) is 6. The number of likely N-dealkylation sites (tertiary alicyclic amines) is 3. The Bertz CT molecular complexity index is 2740. The number of phosphoric acid groups is 3. The van der Waals surface area contributed by atoms with Gasteiger partial charge in [-0.25, -0.2) is 13.7 Å². The van der Waals surface area contributed by atoms with E-state index in [0.717, 1.165) is 18.9 Å². The van der Waals surface area contributed by atoms with Crippen molar-refractivity contribution in [3.8, 4) is 0 Å². The number of carbonyl (C=O) groups excluding carboxylic acids is 6. The van der Waals surface area contributed by atoms with Gasteiger partial charge in [0.2, 0.25) is 35.4 Å². The summed E-state index contributed by atoms with van der Waals surface area (Å²) in [6.07, 6.45) is -20.9. The van der Waals surface area contributed by atoms with Crippen molar-refractivity contribution >= 4 is 58.9 Å². The third-order valence-corrected chi connectivity index (χ3v) is 20.2. The molecule has 98 heavy (non-hydrogen) atoms. The van der Waals surface area contributed by atoms with Crippen molar-refractivity contribution in [2.24, 2.45) is 0 Å². The van der Waals surface area contributed by atoms with E-state index in [2.05, 4.69) is 20.5 Å². The van der Waals surface area contributed by atoms with Gasteiger partial charge in [-0.3, -0.25) is 55.9 Å². The van der Waals surface area contributed by atoms with Gasteiger partial charge in [0, 0.05) is 86.6 Å². The Hall–Kier alpha value is -3.49. The Balaban J connectivity index is 1.06. The number of hydrogen-bond donors (Lipinski definition) is 16. The molecule has 6 fully saturated rings. The Labute approximate surface area is 564 Å². The van der Waals surface area contributed by atoms with Crippen molar-refractivity contribution in [2.75, 3.05) is 86.2 Å². The predicted molar refractivity (Wildman–Crippen MR) is 326 cm³/mol. The molecule has 6 rings (SSSR count). The van der Waals surface area contributed by atoms with Gasteiger partial charge in [0.05, 0.1) is 76.1 Å². The maximum atomic E-state index is 14.1. The van der Waals surface area contributed by atoms with Crippen LogP contribution in [0.1, 0.15) is 97.8 Å². The topological polar surface area (TPSA) is 573 Å². The van der Waals surface area contributed by atoms with E-state index >= 15 is 0 Å². The van der Waals surface area contributed by atoms with Crippen LogP contribution in [0.15, 0.2) is 0 Å². The van der Waals surface area contributed by atoms with Gasteiger partial charge in [0.15, 0.2) is 18.9 Å². The average Bonchev–Trinajstić information content (AvgIpc) is 1.16. The van der Waals surface area contributed by atoms with Gasteiger partial charge in [0.1, 0.15) is 73.1 Å². The Morgan fingerprint density at radius 2 is 0.735 bits per heavy atom. The molecule has 0 aliphatic carbocycles. The van der Waals surface area contributed by atoms with Crippen LogP contribution in [0.4, 0.5) is 0 Å². The lowest BCUT2D eigenvalue weighted by atomic mass is 9.97. The maximum Gasteiger partial charge on any atom is 0.472 e. The number of nitrogens with zero attached hydrogens (tertiary/aromatic N) is 3. The standard InChI is InChI=1S/C55H97N6O34P3/c1-29(65)56-44-50(75)47(72)38(23-62)91-53(44)85-14-8-5-11-41(69)59-20-35(68)17-32(59)26-89-97(80,81)94-37-19-34(61(22-37)43(71)13-7-10-16-87-55-46(58-31(3)67)52(77)49(74)40(25-64)93-55)28-90-98(82,83)95-36-18-33(27-88-96(78,79)84-4)60(21-36)42(70)12-6-9-15-86-54-45(57-30(2)66)51(76)48(73)39(24-63)92-54/h32-40,44-55,62-64,68,72-77H,5-28H2,1-4H3,(H,56,65)(H,57,66)(H,58,67)(H,78,79)(H,80,81)(H,82,83)/t32-,33-,34-,35+,36+,37+,38?,39?,40?,44-,45-,46-,47-,48-,49-,50?,51?,52?,53+,54+,55+/m0/s1. The first-order valence-electron chi connectivity index (χ1n) is 32.2. The monoisotopic (exact) mass is 1480 g/mol. The third kappa shape index (κ3) is 24.6. The number of carbonyl (C=O) groups is 6.